The zero-order chi connectivity index (χ0) is 12.0. The second-order valence-electron chi connectivity index (χ2n) is 2.95. The Hall–Kier alpha value is -0.920. The predicted molar refractivity (Wildman–Crippen MR) is 60.7 cm³/mol. The third kappa shape index (κ3) is 5.24. The third-order valence-electron chi connectivity index (χ3n) is 1.48. The largest absolute Gasteiger partial charge is 0.300 e. The molecule has 1 aromatic heterocycles. The van der Waals surface area contributed by atoms with Crippen LogP contribution in [0.15, 0.2) is 29.4 Å². The summed E-state index contributed by atoms with van der Waals surface area (Å²) in [4.78, 5) is 14.6. The van der Waals surface area contributed by atoms with E-state index in [2.05, 4.69) is 9.17 Å². The number of carbonyl (C=O) groups excluding carboxylic acids is 1. The maximum atomic E-state index is 10.8. The molecule has 1 unspecified atom stereocenters. The van der Waals surface area contributed by atoms with Gasteiger partial charge >= 0.3 is 0 Å². The number of rotatable bonds is 6. The van der Waals surface area contributed by atoms with Crippen molar-refractivity contribution >= 4 is 28.2 Å². The monoisotopic (exact) mass is 261 g/mol. The van der Waals surface area contributed by atoms with Crippen LogP contribution in [0.2, 0.25) is 0 Å². The molecule has 1 rings (SSSR count). The van der Waals surface area contributed by atoms with Crippen molar-refractivity contribution in [3.63, 3.8) is 0 Å². The summed E-state index contributed by atoms with van der Waals surface area (Å²) in [5.41, 5.74) is 0. The molecule has 0 aliphatic rings. The molecule has 0 aromatic carbocycles. The van der Waals surface area contributed by atoms with Gasteiger partial charge in [0.05, 0.1) is 11.3 Å². The van der Waals surface area contributed by atoms with E-state index >= 15 is 0 Å². The number of carbonyl (C=O) groups is 1. The average Bonchev–Trinajstić information content (AvgIpc) is 2.24. The van der Waals surface area contributed by atoms with E-state index in [1.807, 2.05) is 6.07 Å². The van der Waals surface area contributed by atoms with Gasteiger partial charge in [0.2, 0.25) is 0 Å². The van der Waals surface area contributed by atoms with Gasteiger partial charge in [0.1, 0.15) is 6.10 Å². The summed E-state index contributed by atoms with van der Waals surface area (Å²) in [6.45, 7) is 0. The predicted octanol–water partition coefficient (Wildman–Crippen LogP) is 0.717. The Bertz CT molecular complexity index is 432. The highest BCUT2D eigenvalue weighted by molar-refractivity contribution is 7.99. The van der Waals surface area contributed by atoms with Crippen molar-refractivity contribution in [2.24, 2.45) is 0 Å². The highest BCUT2D eigenvalue weighted by Gasteiger charge is 2.15. The minimum Gasteiger partial charge on any atom is -0.300 e. The van der Waals surface area contributed by atoms with Crippen LogP contribution in [0.3, 0.4) is 0 Å². The van der Waals surface area contributed by atoms with Gasteiger partial charge in [-0.1, -0.05) is 6.07 Å². The second-order valence-corrected chi connectivity index (χ2v) is 5.59. The Kier molecular flexibility index (Phi) is 4.91. The minimum atomic E-state index is -3.60. The maximum Gasteiger partial charge on any atom is 0.265 e. The van der Waals surface area contributed by atoms with Crippen molar-refractivity contribution < 1.29 is 17.4 Å². The number of nitrogens with zero attached hydrogens (tertiary/aromatic N) is 1. The molecule has 0 bridgehead atoms. The van der Waals surface area contributed by atoms with E-state index in [9.17, 15) is 13.2 Å². The molecule has 5 nitrogen and oxygen atoms in total. The first-order valence-corrected chi connectivity index (χ1v) is 7.19. The molecule has 1 aromatic rings. The molecule has 0 aliphatic carbocycles. The second kappa shape index (κ2) is 5.97. The molecule has 0 fully saturated rings. The normalized spacial score (nSPS) is 13.3. The molecule has 7 heteroatoms. The van der Waals surface area contributed by atoms with E-state index in [-0.39, 0.29) is 5.75 Å². The summed E-state index contributed by atoms with van der Waals surface area (Å²) in [5.74, 6) is 0.216. The maximum absolute atomic E-state index is 10.8. The number of thioether (sulfide) groups is 1. The Balaban J connectivity index is 2.50. The molecule has 88 valence electrons. The van der Waals surface area contributed by atoms with Crippen LogP contribution in [0.1, 0.15) is 0 Å². The van der Waals surface area contributed by atoms with E-state index in [4.69, 9.17) is 0 Å². The Morgan fingerprint density at radius 3 is 2.81 bits per heavy atom. The number of hydrogen-bond acceptors (Lipinski definition) is 6. The Labute approximate surface area is 98.3 Å². The molecular weight excluding hydrogens is 250 g/mol. The van der Waals surface area contributed by atoms with Crippen LogP contribution in [0.4, 0.5) is 0 Å². The van der Waals surface area contributed by atoms with Gasteiger partial charge in [-0.2, -0.15) is 8.42 Å². The van der Waals surface area contributed by atoms with Crippen molar-refractivity contribution in [1.29, 1.82) is 0 Å². The molecule has 0 radical (unpaired) electrons. The fraction of sp³-hybridized carbons (Fsp3) is 0.333. The molecule has 1 atom stereocenters. The van der Waals surface area contributed by atoms with Crippen LogP contribution < -0.4 is 0 Å². The van der Waals surface area contributed by atoms with Crippen molar-refractivity contribution in [1.82, 2.24) is 4.98 Å². The fourth-order valence-electron chi connectivity index (χ4n) is 0.914. The molecule has 16 heavy (non-hydrogen) atoms. The molecule has 0 saturated heterocycles. The van der Waals surface area contributed by atoms with Crippen molar-refractivity contribution in [3.05, 3.63) is 24.4 Å². The van der Waals surface area contributed by atoms with E-state index < -0.39 is 16.2 Å². The zero-order valence-corrected chi connectivity index (χ0v) is 10.2. The topological polar surface area (TPSA) is 73.3 Å². The van der Waals surface area contributed by atoms with Crippen LogP contribution in [-0.2, 0) is 19.1 Å². The van der Waals surface area contributed by atoms with Gasteiger partial charge in [-0.05, 0) is 12.1 Å². The lowest BCUT2D eigenvalue weighted by Crippen LogP contribution is -2.21. The van der Waals surface area contributed by atoms with Gasteiger partial charge < -0.3 is 4.79 Å². The summed E-state index contributed by atoms with van der Waals surface area (Å²) in [6.07, 6.45) is 2.03. The lowest BCUT2D eigenvalue weighted by atomic mass is 10.5. The van der Waals surface area contributed by atoms with E-state index in [1.54, 1.807) is 18.3 Å². The smallest absolute Gasteiger partial charge is 0.265 e. The lowest BCUT2D eigenvalue weighted by molar-refractivity contribution is -0.112. The molecule has 1 heterocycles. The van der Waals surface area contributed by atoms with Crippen LogP contribution in [0.25, 0.3) is 0 Å². The van der Waals surface area contributed by atoms with Crippen LogP contribution in [0.5, 0.6) is 0 Å². The standard InChI is InChI=1S/C9H11NO4S2/c1-16(12,13)14-8(6-11)7-15-9-4-2-3-5-10-9/h2-6,8H,7H2,1H3. The lowest BCUT2D eigenvalue weighted by Gasteiger charge is -2.08. The Morgan fingerprint density at radius 1 is 1.56 bits per heavy atom. The van der Waals surface area contributed by atoms with Gasteiger partial charge in [0.25, 0.3) is 10.1 Å². The molecule has 0 aliphatic heterocycles. The van der Waals surface area contributed by atoms with E-state index in [1.165, 1.54) is 11.8 Å². The van der Waals surface area contributed by atoms with E-state index in [0.29, 0.717) is 11.3 Å². The number of aldehydes is 1. The van der Waals surface area contributed by atoms with Crippen molar-refractivity contribution in [2.45, 2.75) is 11.1 Å². The van der Waals surface area contributed by atoms with Crippen LogP contribution in [0, 0.1) is 0 Å². The highest BCUT2D eigenvalue weighted by atomic mass is 32.2. The van der Waals surface area contributed by atoms with Crippen molar-refractivity contribution in [3.8, 4) is 0 Å². The summed E-state index contributed by atoms with van der Waals surface area (Å²) in [5, 5.41) is 0.714. The van der Waals surface area contributed by atoms with Crippen LogP contribution >= 0.6 is 11.8 Å². The quantitative estimate of drug-likeness (QED) is 0.427. The van der Waals surface area contributed by atoms with Gasteiger partial charge in [0, 0.05) is 11.9 Å². The fourth-order valence-corrected chi connectivity index (χ4v) is 2.35. The third-order valence-corrected chi connectivity index (χ3v) is 3.11. The highest BCUT2D eigenvalue weighted by Crippen LogP contribution is 2.16. The SMILES string of the molecule is CS(=O)(=O)OC(C=O)CSc1ccccn1. The van der Waals surface area contributed by atoms with Crippen molar-refractivity contribution in [2.75, 3.05) is 12.0 Å². The van der Waals surface area contributed by atoms with Gasteiger partial charge in [-0.25, -0.2) is 4.98 Å². The first-order valence-electron chi connectivity index (χ1n) is 4.38. The Morgan fingerprint density at radius 2 is 2.31 bits per heavy atom. The molecule has 0 amide bonds. The average molecular weight is 261 g/mol. The number of pyridine rings is 1. The molecule has 0 N–H and O–H groups in total. The number of hydrogen-bond donors (Lipinski definition) is 0. The summed E-state index contributed by atoms with van der Waals surface area (Å²) in [6, 6.07) is 5.35. The van der Waals surface area contributed by atoms with E-state index in [0.717, 1.165) is 6.26 Å². The molecule has 0 saturated carbocycles. The summed E-state index contributed by atoms with van der Waals surface area (Å²) >= 11 is 1.26. The number of aromatic nitrogens is 1. The summed E-state index contributed by atoms with van der Waals surface area (Å²) in [7, 11) is -3.60. The van der Waals surface area contributed by atoms with Crippen LogP contribution in [-0.4, -0.2) is 37.8 Å². The molecule has 0 spiro atoms. The first-order chi connectivity index (χ1) is 7.51. The minimum absolute atomic E-state index is 0.216. The summed E-state index contributed by atoms with van der Waals surface area (Å²) < 4.78 is 26.2. The molecular formula is C9H11NO4S2. The van der Waals surface area contributed by atoms with Gasteiger partial charge in [-0.3, -0.25) is 4.18 Å². The first kappa shape index (κ1) is 13.1. The van der Waals surface area contributed by atoms with Gasteiger partial charge in [-0.15, -0.1) is 11.8 Å². The van der Waals surface area contributed by atoms with Gasteiger partial charge in [0.15, 0.2) is 6.29 Å². The zero-order valence-electron chi connectivity index (χ0n) is 8.57.